The van der Waals surface area contributed by atoms with Crippen molar-refractivity contribution in [2.75, 3.05) is 16.2 Å². The molecular weight excluding hydrogens is 383 g/mol. The molecule has 144 valence electrons. The number of halogens is 3. The largest absolute Gasteiger partial charge is 0.433 e. The molecule has 3 nitrogen and oxygen atoms in total. The molecule has 0 radical (unpaired) electrons. The molecule has 7 heteroatoms. The van der Waals surface area contributed by atoms with Gasteiger partial charge in [-0.15, -0.1) is 0 Å². The summed E-state index contributed by atoms with van der Waals surface area (Å²) >= 11 is 1.24. The van der Waals surface area contributed by atoms with Gasteiger partial charge in [0.15, 0.2) is 0 Å². The zero-order chi connectivity index (χ0) is 19.6. The third-order valence-corrected chi connectivity index (χ3v) is 5.40. The van der Waals surface area contributed by atoms with Crippen molar-refractivity contribution in [3.63, 3.8) is 0 Å². The molecule has 0 saturated heterocycles. The van der Waals surface area contributed by atoms with Gasteiger partial charge in [0, 0.05) is 34.7 Å². The first-order chi connectivity index (χ1) is 13.5. The van der Waals surface area contributed by atoms with E-state index in [1.54, 1.807) is 0 Å². The number of nitrogens with zero attached hydrogens (tertiary/aromatic N) is 2. The van der Waals surface area contributed by atoms with Crippen molar-refractivity contribution in [2.45, 2.75) is 23.9 Å². The molecule has 0 atom stereocenters. The van der Waals surface area contributed by atoms with Crippen LogP contribution in [0.25, 0.3) is 0 Å². The first kappa shape index (κ1) is 18.7. The van der Waals surface area contributed by atoms with E-state index in [9.17, 15) is 13.2 Å². The van der Waals surface area contributed by atoms with Crippen LogP contribution in [-0.2, 0) is 12.6 Å². The number of alkyl halides is 3. The molecule has 2 aromatic carbocycles. The molecule has 1 N–H and O–H groups in total. The molecule has 0 unspecified atom stereocenters. The summed E-state index contributed by atoms with van der Waals surface area (Å²) in [4.78, 5) is 6.40. The maximum Gasteiger partial charge on any atom is 0.433 e. The van der Waals surface area contributed by atoms with Gasteiger partial charge in [0.1, 0.15) is 5.69 Å². The fourth-order valence-electron chi connectivity index (χ4n) is 3.27. The highest BCUT2D eigenvalue weighted by Crippen LogP contribution is 2.35. The first-order valence-corrected chi connectivity index (χ1v) is 9.74. The first-order valence-electron chi connectivity index (χ1n) is 8.92. The Balaban J connectivity index is 1.48. The summed E-state index contributed by atoms with van der Waals surface area (Å²) in [6.45, 7) is 0.955. The molecule has 0 aliphatic carbocycles. The predicted molar refractivity (Wildman–Crippen MR) is 107 cm³/mol. The zero-order valence-electron chi connectivity index (χ0n) is 14.9. The molecule has 1 aliphatic rings. The molecule has 1 aliphatic heterocycles. The minimum absolute atomic E-state index is 0.613. The van der Waals surface area contributed by atoms with E-state index in [-0.39, 0.29) is 0 Å². The number of hydrogen-bond acceptors (Lipinski definition) is 4. The standard InChI is InChI=1S/C21H18F3N3S/c22-21(23,24)20-11-10-18(14-25-20)28-26-16-7-3-8-17(13-16)27-12-4-6-15-5-1-2-9-19(15)27/h1-3,5,7-11,13-14,26H,4,6,12H2. The van der Waals surface area contributed by atoms with Crippen molar-refractivity contribution in [1.82, 2.24) is 4.98 Å². The summed E-state index contributed by atoms with van der Waals surface area (Å²) in [5.41, 5.74) is 3.65. The number of rotatable bonds is 4. The minimum Gasteiger partial charge on any atom is -0.341 e. The fourth-order valence-corrected chi connectivity index (χ4v) is 3.87. The van der Waals surface area contributed by atoms with Gasteiger partial charge in [-0.2, -0.15) is 13.2 Å². The Kier molecular flexibility index (Phi) is 5.17. The summed E-state index contributed by atoms with van der Waals surface area (Å²) in [5, 5.41) is 0. The van der Waals surface area contributed by atoms with Gasteiger partial charge in [-0.25, -0.2) is 0 Å². The summed E-state index contributed by atoms with van der Waals surface area (Å²) < 4.78 is 41.0. The van der Waals surface area contributed by atoms with Crippen molar-refractivity contribution in [3.05, 3.63) is 78.1 Å². The number of hydrogen-bond donors (Lipinski definition) is 1. The molecule has 28 heavy (non-hydrogen) atoms. The van der Waals surface area contributed by atoms with E-state index in [1.165, 1.54) is 35.5 Å². The molecule has 0 fully saturated rings. The summed E-state index contributed by atoms with van der Waals surface area (Å²) in [5.74, 6) is 0. The third kappa shape index (κ3) is 4.09. The number of nitrogens with one attached hydrogen (secondary N) is 1. The van der Waals surface area contributed by atoms with Crippen LogP contribution in [0, 0.1) is 0 Å². The second-order valence-corrected chi connectivity index (χ2v) is 7.39. The lowest BCUT2D eigenvalue weighted by atomic mass is 10.0. The van der Waals surface area contributed by atoms with Crippen LogP contribution < -0.4 is 9.62 Å². The van der Waals surface area contributed by atoms with Crippen LogP contribution in [0.3, 0.4) is 0 Å². The minimum atomic E-state index is -4.42. The molecule has 0 saturated carbocycles. The quantitative estimate of drug-likeness (QED) is 0.519. The van der Waals surface area contributed by atoms with Crippen LogP contribution in [0.5, 0.6) is 0 Å². The van der Waals surface area contributed by atoms with E-state index in [4.69, 9.17) is 0 Å². The van der Waals surface area contributed by atoms with Crippen LogP contribution in [-0.4, -0.2) is 11.5 Å². The Bertz CT molecular complexity index is 958. The molecular formula is C21H18F3N3S. The number of benzene rings is 2. The Hall–Kier alpha value is -2.67. The highest BCUT2D eigenvalue weighted by Gasteiger charge is 2.32. The Labute approximate surface area is 165 Å². The predicted octanol–water partition coefficient (Wildman–Crippen LogP) is 6.30. The van der Waals surface area contributed by atoms with Gasteiger partial charge in [-0.05, 0) is 66.8 Å². The number of anilines is 3. The molecule has 0 amide bonds. The molecule has 1 aromatic heterocycles. The lowest BCUT2D eigenvalue weighted by Gasteiger charge is -2.31. The van der Waals surface area contributed by atoms with Gasteiger partial charge >= 0.3 is 6.18 Å². The van der Waals surface area contributed by atoms with Gasteiger partial charge in [-0.3, -0.25) is 4.98 Å². The average Bonchev–Trinajstić information content (AvgIpc) is 2.72. The number of aryl methyl sites for hydroxylation is 1. The maximum atomic E-state index is 12.6. The number of para-hydroxylation sites is 1. The van der Waals surface area contributed by atoms with Gasteiger partial charge < -0.3 is 9.62 Å². The Morgan fingerprint density at radius 1 is 1.00 bits per heavy atom. The van der Waals surface area contributed by atoms with E-state index in [0.717, 1.165) is 36.8 Å². The highest BCUT2D eigenvalue weighted by atomic mass is 32.2. The fraction of sp³-hybridized carbons (Fsp3) is 0.190. The summed E-state index contributed by atoms with van der Waals surface area (Å²) in [7, 11) is 0. The topological polar surface area (TPSA) is 28.2 Å². The van der Waals surface area contributed by atoms with Crippen LogP contribution in [0.2, 0.25) is 0 Å². The van der Waals surface area contributed by atoms with E-state index in [2.05, 4.69) is 38.9 Å². The third-order valence-electron chi connectivity index (χ3n) is 4.58. The van der Waals surface area contributed by atoms with Crippen LogP contribution >= 0.6 is 11.9 Å². The maximum absolute atomic E-state index is 12.6. The van der Waals surface area contributed by atoms with Crippen molar-refractivity contribution in [1.29, 1.82) is 0 Å². The molecule has 3 aromatic rings. The van der Waals surface area contributed by atoms with Crippen LogP contribution in [0.1, 0.15) is 17.7 Å². The number of pyridine rings is 1. The van der Waals surface area contributed by atoms with E-state index >= 15 is 0 Å². The van der Waals surface area contributed by atoms with Gasteiger partial charge in [0.05, 0.1) is 0 Å². The van der Waals surface area contributed by atoms with E-state index < -0.39 is 11.9 Å². The highest BCUT2D eigenvalue weighted by molar-refractivity contribution is 8.00. The lowest BCUT2D eigenvalue weighted by Crippen LogP contribution is -2.24. The monoisotopic (exact) mass is 401 g/mol. The van der Waals surface area contributed by atoms with Crippen molar-refractivity contribution >= 4 is 29.0 Å². The normalized spacial score (nSPS) is 13.9. The number of fused-ring (bicyclic) bond motifs is 1. The second-order valence-electron chi connectivity index (χ2n) is 6.52. The average molecular weight is 401 g/mol. The molecule has 0 spiro atoms. The summed E-state index contributed by atoms with van der Waals surface area (Å²) in [6, 6.07) is 18.8. The second kappa shape index (κ2) is 7.75. The lowest BCUT2D eigenvalue weighted by molar-refractivity contribution is -0.141. The number of aromatic nitrogens is 1. The zero-order valence-corrected chi connectivity index (χ0v) is 15.7. The van der Waals surface area contributed by atoms with E-state index in [1.807, 2.05) is 24.3 Å². The van der Waals surface area contributed by atoms with Crippen LogP contribution in [0.15, 0.2) is 71.8 Å². The Morgan fingerprint density at radius 3 is 2.64 bits per heavy atom. The van der Waals surface area contributed by atoms with Crippen molar-refractivity contribution < 1.29 is 13.2 Å². The molecule has 2 heterocycles. The molecule has 0 bridgehead atoms. The summed E-state index contributed by atoms with van der Waals surface area (Å²) in [6.07, 6.45) is -1.01. The van der Waals surface area contributed by atoms with E-state index in [0.29, 0.717) is 4.90 Å². The SMILES string of the molecule is FC(F)(F)c1ccc(SNc2cccc(N3CCCc4ccccc43)c2)cn1. The smallest absolute Gasteiger partial charge is 0.341 e. The van der Waals surface area contributed by atoms with Gasteiger partial charge in [0.2, 0.25) is 0 Å². The van der Waals surface area contributed by atoms with Gasteiger partial charge in [-0.1, -0.05) is 24.3 Å². The Morgan fingerprint density at radius 2 is 1.86 bits per heavy atom. The van der Waals surface area contributed by atoms with Gasteiger partial charge in [0.25, 0.3) is 0 Å². The van der Waals surface area contributed by atoms with Crippen LogP contribution in [0.4, 0.5) is 30.2 Å². The molecule has 4 rings (SSSR count). The van der Waals surface area contributed by atoms with Crippen molar-refractivity contribution in [3.8, 4) is 0 Å². The van der Waals surface area contributed by atoms with Crippen molar-refractivity contribution in [2.24, 2.45) is 0 Å².